The molecule has 7 heavy (non-hydrogen) atoms. The molecule has 0 bridgehead atoms. The van der Waals surface area contributed by atoms with Gasteiger partial charge < -0.3 is 0 Å². The third-order valence-corrected chi connectivity index (χ3v) is 1.18. The zero-order valence-corrected chi connectivity index (χ0v) is 6.64. The van der Waals surface area contributed by atoms with Crippen LogP contribution in [0.1, 0.15) is 0 Å². The van der Waals surface area contributed by atoms with Gasteiger partial charge in [-0.2, -0.15) is 5.11 Å². The van der Waals surface area contributed by atoms with Crippen molar-refractivity contribution in [2.75, 3.05) is 7.05 Å². The summed E-state index contributed by atoms with van der Waals surface area (Å²) < 4.78 is 0. The highest BCUT2D eigenvalue weighted by Gasteiger charge is 2.32. The van der Waals surface area contributed by atoms with Crippen LogP contribution in [0.25, 0.3) is 0 Å². The summed E-state index contributed by atoms with van der Waals surface area (Å²) in [5.74, 6) is 0. The molecule has 0 aliphatic rings. The van der Waals surface area contributed by atoms with Crippen LogP contribution in [0.2, 0.25) is 0 Å². The summed E-state index contributed by atoms with van der Waals surface area (Å²) in [5, 5.41) is 3.29. The monoisotopic (exact) mass is 179 g/mol. The van der Waals surface area contributed by atoms with Gasteiger partial charge in [0.15, 0.2) is 33.7 Å². The second kappa shape index (κ2) is 3.03. The van der Waals surface area contributed by atoms with Crippen molar-refractivity contribution in [2.45, 2.75) is 0 Å². The predicted molar refractivity (Wildman–Crippen MR) is 35.3 cm³/mol. The van der Waals surface area contributed by atoms with Crippen LogP contribution >= 0.6 is 39.2 Å². The summed E-state index contributed by atoms with van der Waals surface area (Å²) in [6, 6.07) is 0. The zero-order valence-electron chi connectivity index (χ0n) is 3.48. The summed E-state index contributed by atoms with van der Waals surface area (Å²) in [6.07, 6.45) is 0. The van der Waals surface area contributed by atoms with Gasteiger partial charge in [0, 0.05) is 4.88 Å². The SMILES string of the molecule is CN=N[P+](Cl)(Cl)Cl. The molecule has 0 saturated carbocycles. The minimum atomic E-state index is -2.54. The molecule has 0 N–H and O–H groups in total. The normalized spacial score (nSPS) is 13.1. The van der Waals surface area contributed by atoms with Crippen LogP contribution in [0, 0.1) is 0 Å². The lowest BCUT2D eigenvalue weighted by atomic mass is 11.6. The number of nitrogens with zero attached hydrogens (tertiary/aromatic N) is 2. The molecule has 2 nitrogen and oxygen atoms in total. The van der Waals surface area contributed by atoms with E-state index in [9.17, 15) is 0 Å². The fourth-order valence-corrected chi connectivity index (χ4v) is 0.913. The van der Waals surface area contributed by atoms with E-state index in [0.29, 0.717) is 0 Å². The molecule has 0 aromatic heterocycles. The Morgan fingerprint density at radius 2 is 1.71 bits per heavy atom. The molecule has 0 amide bonds. The maximum absolute atomic E-state index is 5.21. The van der Waals surface area contributed by atoms with Crippen LogP contribution < -0.4 is 0 Å². The van der Waals surface area contributed by atoms with E-state index in [-0.39, 0.29) is 0 Å². The molecule has 0 heterocycles. The molecule has 0 radical (unpaired) electrons. The molecule has 0 unspecified atom stereocenters. The van der Waals surface area contributed by atoms with Crippen molar-refractivity contribution in [3.05, 3.63) is 0 Å². The molecule has 0 aliphatic heterocycles. The smallest absolute Gasteiger partial charge is 0.155 e. The molecule has 0 fully saturated rings. The average molecular weight is 180 g/mol. The van der Waals surface area contributed by atoms with Crippen LogP contribution in [0.3, 0.4) is 0 Å². The van der Waals surface area contributed by atoms with Crippen molar-refractivity contribution in [3.8, 4) is 0 Å². The second-order valence-electron chi connectivity index (χ2n) is 0.708. The van der Waals surface area contributed by atoms with E-state index >= 15 is 0 Å². The Balaban J connectivity index is 3.56. The Bertz CT molecular complexity index is 75.5. The van der Waals surface area contributed by atoms with Gasteiger partial charge in [0.1, 0.15) is 0 Å². The second-order valence-corrected chi connectivity index (χ2v) is 7.68. The third kappa shape index (κ3) is 6.90. The van der Waals surface area contributed by atoms with Crippen molar-refractivity contribution < 1.29 is 0 Å². The van der Waals surface area contributed by atoms with Crippen LogP contribution in [-0.2, 0) is 0 Å². The summed E-state index contributed by atoms with van der Waals surface area (Å²) in [4.78, 5) is 3.29. The van der Waals surface area contributed by atoms with Crippen molar-refractivity contribution in [1.82, 2.24) is 0 Å². The standard InChI is InChI=1S/CH3Cl3N2P/c1-5-6-7(2,3)4/h1H3/q+1. The molecule has 0 aliphatic carbocycles. The topological polar surface area (TPSA) is 24.7 Å². The highest BCUT2D eigenvalue weighted by atomic mass is 36.1. The van der Waals surface area contributed by atoms with Gasteiger partial charge in [0.25, 0.3) is 0 Å². The molecule has 6 heteroatoms. The molecular formula is CH3Cl3N2P+. The first-order valence-corrected chi connectivity index (χ1v) is 5.81. The van der Waals surface area contributed by atoms with Crippen LogP contribution in [0.15, 0.2) is 10.00 Å². The molecule has 0 saturated heterocycles. The van der Waals surface area contributed by atoms with Crippen molar-refractivity contribution >= 4 is 39.2 Å². The molecular weight excluding hydrogens is 177 g/mol. The summed E-state index contributed by atoms with van der Waals surface area (Å²) in [7, 11) is 1.46. The lowest BCUT2D eigenvalue weighted by Crippen LogP contribution is -1.47. The zero-order chi connectivity index (χ0) is 5.91. The molecule has 0 spiro atoms. The summed E-state index contributed by atoms with van der Waals surface area (Å²) in [5.41, 5.74) is -2.54. The molecule has 42 valence electrons. The average Bonchev–Trinajstić information content (AvgIpc) is 1.30. The van der Waals surface area contributed by atoms with E-state index in [1.165, 1.54) is 7.05 Å². The van der Waals surface area contributed by atoms with E-state index < -0.39 is 5.47 Å². The van der Waals surface area contributed by atoms with E-state index in [1.807, 2.05) is 0 Å². The van der Waals surface area contributed by atoms with Crippen molar-refractivity contribution in [2.24, 2.45) is 10.00 Å². The highest BCUT2D eigenvalue weighted by Crippen LogP contribution is 2.75. The van der Waals surface area contributed by atoms with Crippen molar-refractivity contribution in [3.63, 3.8) is 0 Å². The quantitative estimate of drug-likeness (QED) is 0.436. The Kier molecular flexibility index (Phi) is 3.42. The lowest BCUT2D eigenvalue weighted by Gasteiger charge is -1.80. The largest absolute Gasteiger partial charge is 0.444 e. The van der Waals surface area contributed by atoms with Gasteiger partial charge in [-0.05, 0) is 0 Å². The lowest BCUT2D eigenvalue weighted by molar-refractivity contribution is 1.25. The minimum absolute atomic E-state index is 1.46. The summed E-state index contributed by atoms with van der Waals surface area (Å²) in [6.45, 7) is 0. The van der Waals surface area contributed by atoms with Crippen LogP contribution in [0.4, 0.5) is 0 Å². The molecule has 0 aromatic rings. The number of hydrogen-bond donors (Lipinski definition) is 0. The highest BCUT2D eigenvalue weighted by molar-refractivity contribution is 8.31. The van der Waals surface area contributed by atoms with Gasteiger partial charge in [-0.1, -0.05) is 0 Å². The van der Waals surface area contributed by atoms with E-state index in [0.717, 1.165) is 0 Å². The van der Waals surface area contributed by atoms with Gasteiger partial charge in [-0.25, -0.2) is 0 Å². The Labute approximate surface area is 56.6 Å². The Morgan fingerprint density at radius 1 is 1.29 bits per heavy atom. The van der Waals surface area contributed by atoms with Gasteiger partial charge in [0.05, 0.1) is 7.05 Å². The number of hydrogen-bond acceptors (Lipinski definition) is 2. The molecule has 0 rings (SSSR count). The predicted octanol–water partition coefficient (Wildman–Crippen LogP) is 3.46. The Hall–Kier alpha value is 0.900. The first kappa shape index (κ1) is 7.90. The Morgan fingerprint density at radius 3 is 1.71 bits per heavy atom. The maximum Gasteiger partial charge on any atom is 0.444 e. The van der Waals surface area contributed by atoms with E-state index in [2.05, 4.69) is 10.00 Å². The van der Waals surface area contributed by atoms with Gasteiger partial charge in [-0.3, -0.25) is 0 Å². The van der Waals surface area contributed by atoms with Crippen molar-refractivity contribution in [1.29, 1.82) is 0 Å². The van der Waals surface area contributed by atoms with E-state index in [4.69, 9.17) is 33.7 Å². The first-order chi connectivity index (χ1) is 3.06. The first-order valence-electron chi connectivity index (χ1n) is 1.35. The van der Waals surface area contributed by atoms with Crippen LogP contribution in [-0.4, -0.2) is 7.05 Å². The fourth-order valence-electron chi connectivity index (χ4n) is 0.101. The third-order valence-electron chi connectivity index (χ3n) is 0.191. The summed E-state index contributed by atoms with van der Waals surface area (Å²) >= 11 is 15.6. The molecule has 0 atom stereocenters. The fraction of sp³-hybridized carbons (Fsp3) is 1.00. The van der Waals surface area contributed by atoms with Gasteiger partial charge in [-0.15, -0.1) is 0 Å². The van der Waals surface area contributed by atoms with Gasteiger partial charge in [0.2, 0.25) is 0 Å². The number of halogens is 3. The number of rotatable bonds is 1. The van der Waals surface area contributed by atoms with Crippen LogP contribution in [0.5, 0.6) is 0 Å². The molecule has 0 aromatic carbocycles. The van der Waals surface area contributed by atoms with E-state index in [1.54, 1.807) is 0 Å². The minimum Gasteiger partial charge on any atom is -0.155 e. The maximum atomic E-state index is 5.21. The van der Waals surface area contributed by atoms with Gasteiger partial charge >= 0.3 is 5.47 Å².